The van der Waals surface area contributed by atoms with E-state index in [0.717, 1.165) is 22.3 Å². The number of benzene rings is 2. The lowest BCUT2D eigenvalue weighted by Gasteiger charge is -2.26. The van der Waals surface area contributed by atoms with E-state index in [4.69, 9.17) is 21.1 Å². The Labute approximate surface area is 214 Å². The minimum atomic E-state index is -0.273. The molecule has 2 aromatic carbocycles. The lowest BCUT2D eigenvalue weighted by Crippen LogP contribution is -2.40. The molecule has 1 N–H and O–H groups in total. The highest BCUT2D eigenvalue weighted by molar-refractivity contribution is 6.32. The van der Waals surface area contributed by atoms with Gasteiger partial charge < -0.3 is 19.7 Å². The molecule has 2 aliphatic heterocycles. The van der Waals surface area contributed by atoms with Gasteiger partial charge in [0.1, 0.15) is 11.9 Å². The van der Waals surface area contributed by atoms with Gasteiger partial charge >= 0.3 is 0 Å². The Hall–Kier alpha value is -3.68. The van der Waals surface area contributed by atoms with Crippen molar-refractivity contribution >= 4 is 23.4 Å². The van der Waals surface area contributed by atoms with Crippen LogP contribution in [0.4, 0.5) is 0 Å². The minimum absolute atomic E-state index is 0.0179. The fraction of sp³-hybridized carbons (Fsp3) is 0.250. The van der Waals surface area contributed by atoms with Crippen molar-refractivity contribution in [1.29, 1.82) is 0 Å². The first-order valence-corrected chi connectivity index (χ1v) is 12.3. The van der Waals surface area contributed by atoms with Gasteiger partial charge in [0, 0.05) is 55.7 Å². The summed E-state index contributed by atoms with van der Waals surface area (Å²) in [4.78, 5) is 30.8. The van der Waals surface area contributed by atoms with Crippen molar-refractivity contribution in [2.45, 2.75) is 19.1 Å². The average molecular weight is 504 g/mol. The Kier molecular flexibility index (Phi) is 7.30. The summed E-state index contributed by atoms with van der Waals surface area (Å²) in [7, 11) is 0. The van der Waals surface area contributed by atoms with E-state index >= 15 is 0 Å². The SMILES string of the molecule is O=C(C=CC1Cc2cc(-c3ccc(C(=O)N4CCOCC4)cc3)cc(Cl)c2O1)NCc1cccnc1. The van der Waals surface area contributed by atoms with Crippen LogP contribution in [0.3, 0.4) is 0 Å². The van der Waals surface area contributed by atoms with Crippen LogP contribution in [-0.2, 0) is 22.5 Å². The van der Waals surface area contributed by atoms with Crippen LogP contribution in [0.2, 0.25) is 5.02 Å². The largest absolute Gasteiger partial charge is 0.484 e. The summed E-state index contributed by atoms with van der Waals surface area (Å²) < 4.78 is 11.3. The number of hydrogen-bond acceptors (Lipinski definition) is 5. The van der Waals surface area contributed by atoms with E-state index in [1.54, 1.807) is 18.5 Å². The lowest BCUT2D eigenvalue weighted by atomic mass is 9.99. The number of hydrogen-bond donors (Lipinski definition) is 1. The van der Waals surface area contributed by atoms with Gasteiger partial charge in [-0.05, 0) is 53.1 Å². The lowest BCUT2D eigenvalue weighted by molar-refractivity contribution is -0.116. The quantitative estimate of drug-likeness (QED) is 0.513. The highest BCUT2D eigenvalue weighted by Gasteiger charge is 2.25. The smallest absolute Gasteiger partial charge is 0.254 e. The molecule has 3 aromatic rings. The van der Waals surface area contributed by atoms with E-state index in [9.17, 15) is 9.59 Å². The second-order valence-electron chi connectivity index (χ2n) is 8.73. The fourth-order valence-electron chi connectivity index (χ4n) is 4.32. The highest BCUT2D eigenvalue weighted by atomic mass is 35.5. The van der Waals surface area contributed by atoms with E-state index < -0.39 is 0 Å². The number of morpholine rings is 1. The van der Waals surface area contributed by atoms with Crippen molar-refractivity contribution in [2.75, 3.05) is 26.3 Å². The molecule has 36 heavy (non-hydrogen) atoms. The molecule has 0 spiro atoms. The first-order chi connectivity index (χ1) is 17.6. The number of carbonyl (C=O) groups excluding carboxylic acids is 2. The number of rotatable bonds is 6. The van der Waals surface area contributed by atoms with Gasteiger partial charge in [-0.2, -0.15) is 0 Å². The summed E-state index contributed by atoms with van der Waals surface area (Å²) in [5.74, 6) is 0.464. The first-order valence-electron chi connectivity index (χ1n) is 11.9. The second kappa shape index (κ2) is 10.9. The number of pyridine rings is 1. The molecule has 1 atom stereocenters. The van der Waals surface area contributed by atoms with Gasteiger partial charge in [0.05, 0.1) is 18.2 Å². The zero-order chi connectivity index (χ0) is 24.9. The van der Waals surface area contributed by atoms with Crippen LogP contribution in [-0.4, -0.2) is 54.1 Å². The molecule has 1 aromatic heterocycles. The number of aromatic nitrogens is 1. The molecular weight excluding hydrogens is 478 g/mol. The number of fused-ring (bicyclic) bond motifs is 1. The molecule has 5 rings (SSSR count). The van der Waals surface area contributed by atoms with Crippen LogP contribution >= 0.6 is 11.6 Å². The Morgan fingerprint density at radius 3 is 2.67 bits per heavy atom. The maximum atomic E-state index is 12.7. The van der Waals surface area contributed by atoms with Crippen molar-refractivity contribution < 1.29 is 19.1 Å². The van der Waals surface area contributed by atoms with Crippen LogP contribution in [0.25, 0.3) is 11.1 Å². The van der Waals surface area contributed by atoms with Gasteiger partial charge in [-0.25, -0.2) is 0 Å². The van der Waals surface area contributed by atoms with Gasteiger partial charge in [-0.1, -0.05) is 29.8 Å². The molecule has 3 heterocycles. The van der Waals surface area contributed by atoms with Gasteiger partial charge in [0.25, 0.3) is 5.91 Å². The topological polar surface area (TPSA) is 80.8 Å². The van der Waals surface area contributed by atoms with E-state index in [2.05, 4.69) is 16.4 Å². The Balaban J connectivity index is 1.22. The monoisotopic (exact) mass is 503 g/mol. The number of halogens is 1. The highest BCUT2D eigenvalue weighted by Crippen LogP contribution is 2.40. The first kappa shape index (κ1) is 24.0. The van der Waals surface area contributed by atoms with Crippen LogP contribution in [0.15, 0.2) is 73.1 Å². The number of amides is 2. The maximum Gasteiger partial charge on any atom is 0.254 e. The average Bonchev–Trinajstić information content (AvgIpc) is 3.35. The third-order valence-electron chi connectivity index (χ3n) is 6.23. The van der Waals surface area contributed by atoms with Crippen molar-refractivity contribution in [1.82, 2.24) is 15.2 Å². The van der Waals surface area contributed by atoms with Crippen molar-refractivity contribution in [3.8, 4) is 16.9 Å². The third kappa shape index (κ3) is 5.58. The van der Waals surface area contributed by atoms with Gasteiger partial charge in [-0.15, -0.1) is 0 Å². The molecule has 8 heteroatoms. The maximum absolute atomic E-state index is 12.7. The molecule has 1 fully saturated rings. The van der Waals surface area contributed by atoms with E-state index in [1.165, 1.54) is 6.08 Å². The number of ether oxygens (including phenoxy) is 2. The molecule has 0 aliphatic carbocycles. The third-order valence-corrected chi connectivity index (χ3v) is 6.51. The van der Waals surface area contributed by atoms with Gasteiger partial charge in [-0.3, -0.25) is 14.6 Å². The number of carbonyl (C=O) groups is 2. The summed E-state index contributed by atoms with van der Waals surface area (Å²) in [5, 5.41) is 3.36. The van der Waals surface area contributed by atoms with Crippen LogP contribution in [0, 0.1) is 0 Å². The predicted octanol–water partition coefficient (Wildman–Crippen LogP) is 4.05. The van der Waals surface area contributed by atoms with Crippen LogP contribution in [0.5, 0.6) is 5.75 Å². The Morgan fingerprint density at radius 2 is 1.92 bits per heavy atom. The molecular formula is C28H26ClN3O4. The Bertz CT molecular complexity index is 1270. The Morgan fingerprint density at radius 1 is 1.11 bits per heavy atom. The van der Waals surface area contributed by atoms with Crippen LogP contribution < -0.4 is 10.1 Å². The molecule has 1 saturated heterocycles. The van der Waals surface area contributed by atoms with E-state index in [0.29, 0.717) is 55.6 Å². The zero-order valence-electron chi connectivity index (χ0n) is 19.7. The van der Waals surface area contributed by atoms with Crippen LogP contribution in [0.1, 0.15) is 21.5 Å². The number of nitrogens with zero attached hydrogens (tertiary/aromatic N) is 2. The summed E-state index contributed by atoms with van der Waals surface area (Å²) in [5.41, 5.74) is 4.49. The number of nitrogens with one attached hydrogen (secondary N) is 1. The van der Waals surface area contributed by atoms with Crippen molar-refractivity contribution in [3.05, 3.63) is 94.8 Å². The molecule has 0 saturated carbocycles. The molecule has 2 amide bonds. The molecule has 7 nitrogen and oxygen atoms in total. The van der Waals surface area contributed by atoms with Gasteiger partial charge in [0.15, 0.2) is 0 Å². The van der Waals surface area contributed by atoms with Crippen molar-refractivity contribution in [3.63, 3.8) is 0 Å². The summed E-state index contributed by atoms with van der Waals surface area (Å²) in [6, 6.07) is 15.2. The predicted molar refractivity (Wildman–Crippen MR) is 137 cm³/mol. The minimum Gasteiger partial charge on any atom is -0.484 e. The summed E-state index contributed by atoms with van der Waals surface area (Å²) >= 11 is 6.55. The summed E-state index contributed by atoms with van der Waals surface area (Å²) in [6.07, 6.45) is 7.00. The standard InChI is InChI=1S/C28H26ClN3O4/c29-25-16-22(20-3-5-21(6-4-20)28(34)32-10-12-35-13-11-32)14-23-15-24(36-27(23)25)7-8-26(33)31-18-19-2-1-9-30-17-19/h1-9,14,16-17,24H,10-13,15,18H2,(H,31,33). The molecule has 1 unspecified atom stereocenters. The molecule has 0 bridgehead atoms. The fourth-order valence-corrected chi connectivity index (χ4v) is 4.60. The summed E-state index contributed by atoms with van der Waals surface area (Å²) in [6.45, 7) is 2.79. The zero-order valence-corrected chi connectivity index (χ0v) is 20.4. The molecule has 2 aliphatic rings. The normalized spacial score (nSPS) is 17.0. The second-order valence-corrected chi connectivity index (χ2v) is 9.13. The molecule has 0 radical (unpaired) electrons. The molecule has 184 valence electrons. The van der Waals surface area contributed by atoms with E-state index in [1.807, 2.05) is 47.4 Å². The van der Waals surface area contributed by atoms with E-state index in [-0.39, 0.29) is 17.9 Å². The van der Waals surface area contributed by atoms with Gasteiger partial charge in [0.2, 0.25) is 5.91 Å². The van der Waals surface area contributed by atoms with Crippen molar-refractivity contribution in [2.24, 2.45) is 0 Å².